The average molecular weight is 319 g/mol. The standard InChI is InChI=1S/C17H25N3O3/c1-4-5-11-19-12-14(18-2)15(17(22)23-3)16(21)20-13-9-7-6-8-10-13/h6-10,18-19H,4-5,11-12H2,1-3H3,(H,20,21)/b15-14+. The first kappa shape index (κ1) is 18.7. The molecule has 1 aromatic carbocycles. The van der Waals surface area contributed by atoms with Crippen LogP contribution in [0.5, 0.6) is 0 Å². The van der Waals surface area contributed by atoms with Crippen LogP contribution in [-0.4, -0.2) is 39.1 Å². The zero-order chi connectivity index (χ0) is 17.1. The van der Waals surface area contributed by atoms with E-state index in [9.17, 15) is 9.59 Å². The van der Waals surface area contributed by atoms with Gasteiger partial charge in [0.2, 0.25) is 0 Å². The molecule has 6 heteroatoms. The monoisotopic (exact) mass is 319 g/mol. The molecule has 0 radical (unpaired) electrons. The third-order valence-corrected chi connectivity index (χ3v) is 3.26. The molecule has 6 nitrogen and oxygen atoms in total. The largest absolute Gasteiger partial charge is 0.465 e. The number of para-hydroxylation sites is 1. The van der Waals surface area contributed by atoms with Crippen molar-refractivity contribution in [1.29, 1.82) is 0 Å². The third kappa shape index (κ3) is 6.12. The maximum absolute atomic E-state index is 12.5. The van der Waals surface area contributed by atoms with E-state index < -0.39 is 11.9 Å². The number of benzene rings is 1. The second-order valence-corrected chi connectivity index (χ2v) is 4.95. The van der Waals surface area contributed by atoms with Crippen molar-refractivity contribution in [3.05, 3.63) is 41.6 Å². The number of carbonyl (C=O) groups excluding carboxylic acids is 2. The van der Waals surface area contributed by atoms with Crippen LogP contribution in [0.3, 0.4) is 0 Å². The molecule has 1 rings (SSSR count). The van der Waals surface area contributed by atoms with Crippen LogP contribution in [0.2, 0.25) is 0 Å². The molecule has 1 amide bonds. The molecule has 3 N–H and O–H groups in total. The maximum Gasteiger partial charge on any atom is 0.345 e. The van der Waals surface area contributed by atoms with Crippen molar-refractivity contribution in [3.8, 4) is 0 Å². The Morgan fingerprint density at radius 2 is 1.87 bits per heavy atom. The first-order valence-electron chi connectivity index (χ1n) is 7.70. The lowest BCUT2D eigenvalue weighted by molar-refractivity contribution is -0.137. The average Bonchev–Trinajstić information content (AvgIpc) is 2.57. The van der Waals surface area contributed by atoms with Crippen LogP contribution >= 0.6 is 0 Å². The first-order valence-corrected chi connectivity index (χ1v) is 7.70. The van der Waals surface area contributed by atoms with Gasteiger partial charge in [0, 0.05) is 25.0 Å². The molecule has 0 aromatic heterocycles. The Bertz CT molecular complexity index is 541. The van der Waals surface area contributed by atoms with Crippen molar-refractivity contribution in [2.45, 2.75) is 19.8 Å². The summed E-state index contributed by atoms with van der Waals surface area (Å²) in [6, 6.07) is 8.98. The van der Waals surface area contributed by atoms with E-state index in [1.54, 1.807) is 19.2 Å². The van der Waals surface area contributed by atoms with Gasteiger partial charge in [0.25, 0.3) is 5.91 Å². The van der Waals surface area contributed by atoms with Crippen molar-refractivity contribution in [3.63, 3.8) is 0 Å². The summed E-state index contributed by atoms with van der Waals surface area (Å²) in [5.41, 5.74) is 1.09. The summed E-state index contributed by atoms with van der Waals surface area (Å²) in [6.45, 7) is 3.31. The minimum absolute atomic E-state index is 0.0251. The number of nitrogens with one attached hydrogen (secondary N) is 3. The number of likely N-dealkylation sites (N-methyl/N-ethyl adjacent to an activating group) is 1. The van der Waals surface area contributed by atoms with Crippen LogP contribution in [-0.2, 0) is 14.3 Å². The fourth-order valence-corrected chi connectivity index (χ4v) is 1.99. The van der Waals surface area contributed by atoms with Crippen molar-refractivity contribution >= 4 is 17.6 Å². The van der Waals surface area contributed by atoms with Gasteiger partial charge >= 0.3 is 5.97 Å². The number of anilines is 1. The molecule has 0 heterocycles. The highest BCUT2D eigenvalue weighted by atomic mass is 16.5. The summed E-state index contributed by atoms with van der Waals surface area (Å²) in [5.74, 6) is -1.16. The van der Waals surface area contributed by atoms with Gasteiger partial charge in [-0.15, -0.1) is 0 Å². The normalized spacial score (nSPS) is 11.4. The van der Waals surface area contributed by atoms with Gasteiger partial charge in [-0.25, -0.2) is 4.79 Å². The maximum atomic E-state index is 12.5. The number of amides is 1. The summed E-state index contributed by atoms with van der Waals surface area (Å²) in [6.07, 6.45) is 2.10. The minimum Gasteiger partial charge on any atom is -0.465 e. The van der Waals surface area contributed by atoms with Crippen LogP contribution in [0.1, 0.15) is 19.8 Å². The summed E-state index contributed by atoms with van der Waals surface area (Å²) in [5, 5.41) is 8.83. The molecule has 0 fully saturated rings. The molecular formula is C17H25N3O3. The molecule has 1 aromatic rings. The lowest BCUT2D eigenvalue weighted by atomic mass is 10.1. The van der Waals surface area contributed by atoms with E-state index in [-0.39, 0.29) is 5.57 Å². The van der Waals surface area contributed by atoms with Crippen LogP contribution in [0.15, 0.2) is 41.6 Å². The zero-order valence-corrected chi connectivity index (χ0v) is 13.9. The number of rotatable bonds is 9. The van der Waals surface area contributed by atoms with Crippen LogP contribution in [0, 0.1) is 0 Å². The second kappa shape index (κ2) is 10.4. The highest BCUT2D eigenvalue weighted by molar-refractivity contribution is 6.21. The van der Waals surface area contributed by atoms with Gasteiger partial charge in [-0.1, -0.05) is 31.5 Å². The van der Waals surface area contributed by atoms with Crippen molar-refractivity contribution in [2.24, 2.45) is 0 Å². The van der Waals surface area contributed by atoms with Crippen LogP contribution in [0.4, 0.5) is 5.69 Å². The third-order valence-electron chi connectivity index (χ3n) is 3.26. The molecule has 23 heavy (non-hydrogen) atoms. The van der Waals surface area contributed by atoms with Gasteiger partial charge < -0.3 is 20.7 Å². The van der Waals surface area contributed by atoms with Crippen molar-refractivity contribution in [1.82, 2.24) is 10.6 Å². The molecule has 0 saturated heterocycles. The van der Waals surface area contributed by atoms with E-state index in [1.807, 2.05) is 18.2 Å². The van der Waals surface area contributed by atoms with E-state index in [2.05, 4.69) is 22.9 Å². The van der Waals surface area contributed by atoms with E-state index in [0.717, 1.165) is 19.4 Å². The summed E-state index contributed by atoms with van der Waals surface area (Å²) < 4.78 is 4.76. The highest BCUT2D eigenvalue weighted by Gasteiger charge is 2.23. The lowest BCUT2D eigenvalue weighted by Gasteiger charge is -2.14. The van der Waals surface area contributed by atoms with Gasteiger partial charge in [0.05, 0.1) is 7.11 Å². The molecule has 0 spiro atoms. The smallest absolute Gasteiger partial charge is 0.345 e. The number of unbranched alkanes of at least 4 members (excludes halogenated alkanes) is 1. The predicted molar refractivity (Wildman–Crippen MR) is 91.0 cm³/mol. The molecule has 0 aliphatic rings. The minimum atomic E-state index is -0.667. The fourth-order valence-electron chi connectivity index (χ4n) is 1.99. The molecule has 0 aliphatic carbocycles. The van der Waals surface area contributed by atoms with E-state index in [0.29, 0.717) is 17.9 Å². The van der Waals surface area contributed by atoms with Crippen LogP contribution in [0.25, 0.3) is 0 Å². The van der Waals surface area contributed by atoms with Gasteiger partial charge in [-0.2, -0.15) is 0 Å². The first-order chi connectivity index (χ1) is 11.1. The molecule has 0 aliphatic heterocycles. The number of carbonyl (C=O) groups is 2. The number of methoxy groups -OCH3 is 1. The number of esters is 1. The Morgan fingerprint density at radius 3 is 2.43 bits per heavy atom. The Morgan fingerprint density at radius 1 is 1.17 bits per heavy atom. The number of ether oxygens (including phenoxy) is 1. The lowest BCUT2D eigenvalue weighted by Crippen LogP contribution is -2.32. The van der Waals surface area contributed by atoms with Crippen molar-refractivity contribution < 1.29 is 14.3 Å². The summed E-state index contributed by atoms with van der Waals surface area (Å²) in [4.78, 5) is 24.5. The number of hydrogen-bond donors (Lipinski definition) is 3. The molecular weight excluding hydrogens is 294 g/mol. The molecule has 0 saturated carbocycles. The molecule has 0 unspecified atom stereocenters. The fraction of sp³-hybridized carbons (Fsp3) is 0.412. The quantitative estimate of drug-likeness (QED) is 0.212. The number of hydrogen-bond acceptors (Lipinski definition) is 5. The Kier molecular flexibility index (Phi) is 8.46. The van der Waals surface area contributed by atoms with Gasteiger partial charge in [-0.3, -0.25) is 4.79 Å². The Labute approximate surface area is 137 Å². The topological polar surface area (TPSA) is 79.5 Å². The zero-order valence-electron chi connectivity index (χ0n) is 13.9. The predicted octanol–water partition coefficient (Wildman–Crippen LogP) is 1.66. The van der Waals surface area contributed by atoms with E-state index >= 15 is 0 Å². The molecule has 126 valence electrons. The summed E-state index contributed by atoms with van der Waals surface area (Å²) >= 11 is 0. The summed E-state index contributed by atoms with van der Waals surface area (Å²) in [7, 11) is 2.94. The van der Waals surface area contributed by atoms with Gasteiger partial charge in [0.1, 0.15) is 5.57 Å². The molecule has 0 bridgehead atoms. The molecule has 0 atom stereocenters. The van der Waals surface area contributed by atoms with Crippen LogP contribution < -0.4 is 16.0 Å². The van der Waals surface area contributed by atoms with Crippen molar-refractivity contribution in [2.75, 3.05) is 32.6 Å². The highest BCUT2D eigenvalue weighted by Crippen LogP contribution is 2.11. The Balaban J connectivity index is 2.93. The van der Waals surface area contributed by atoms with E-state index in [1.165, 1.54) is 7.11 Å². The second-order valence-electron chi connectivity index (χ2n) is 4.95. The van der Waals surface area contributed by atoms with Gasteiger partial charge in [-0.05, 0) is 25.1 Å². The van der Waals surface area contributed by atoms with Gasteiger partial charge in [0.15, 0.2) is 0 Å². The Hall–Kier alpha value is -2.34. The van der Waals surface area contributed by atoms with E-state index in [4.69, 9.17) is 4.74 Å². The SMILES string of the molecule is CCCCNC/C(NC)=C(/C(=O)Nc1ccccc1)C(=O)OC.